The Hall–Kier alpha value is -0.910. The van der Waals surface area contributed by atoms with E-state index in [2.05, 4.69) is 0 Å². The molecule has 0 heterocycles. The molecule has 1 rings (SSSR count). The summed E-state index contributed by atoms with van der Waals surface area (Å²) in [6, 6.07) is 5.59. The molecule has 0 aliphatic carbocycles. The van der Waals surface area contributed by atoms with Crippen molar-refractivity contribution in [2.24, 2.45) is 0 Å². The first-order chi connectivity index (χ1) is 6.99. The van der Waals surface area contributed by atoms with Crippen LogP contribution in [0.2, 0.25) is 0 Å². The highest BCUT2D eigenvalue weighted by molar-refractivity contribution is 7.78. The molecule has 0 aliphatic heterocycles. The van der Waals surface area contributed by atoms with Gasteiger partial charge >= 0.3 is 0 Å². The lowest BCUT2D eigenvalue weighted by molar-refractivity contribution is 0.402. The van der Waals surface area contributed by atoms with Crippen LogP contribution in [-0.4, -0.2) is 27.8 Å². The molecule has 5 heteroatoms. The van der Waals surface area contributed by atoms with E-state index in [0.29, 0.717) is 5.69 Å². The van der Waals surface area contributed by atoms with Crippen molar-refractivity contribution >= 4 is 16.8 Å². The van der Waals surface area contributed by atoms with Gasteiger partial charge in [0.2, 0.25) is 0 Å². The summed E-state index contributed by atoms with van der Waals surface area (Å²) in [7, 11) is 3.96. The van der Waals surface area contributed by atoms with Crippen LogP contribution in [0.15, 0.2) is 18.2 Å². The van der Waals surface area contributed by atoms with E-state index >= 15 is 0 Å². The predicted octanol–water partition coefficient (Wildman–Crippen LogP) is 1.05. The predicted molar refractivity (Wildman–Crippen MR) is 62.7 cm³/mol. The zero-order valence-corrected chi connectivity index (χ0v) is 9.75. The third kappa shape index (κ3) is 3.99. The molecule has 0 radical (unpaired) electrons. The Bertz CT molecular complexity index is 366. The molecule has 0 saturated carbocycles. The average molecular weight is 228 g/mol. The van der Waals surface area contributed by atoms with Gasteiger partial charge in [-0.25, -0.2) is 4.21 Å². The van der Waals surface area contributed by atoms with E-state index in [0.717, 1.165) is 17.7 Å². The number of nitrogen functional groups attached to an aromatic ring is 1. The van der Waals surface area contributed by atoms with Crippen molar-refractivity contribution in [2.45, 2.75) is 12.3 Å². The van der Waals surface area contributed by atoms with Crippen LogP contribution in [-0.2, 0) is 23.4 Å². The van der Waals surface area contributed by atoms with Crippen LogP contribution < -0.4 is 5.73 Å². The minimum Gasteiger partial charge on any atom is -0.398 e. The summed E-state index contributed by atoms with van der Waals surface area (Å²) in [5.41, 5.74) is 8.18. The largest absolute Gasteiger partial charge is 0.398 e. The highest BCUT2D eigenvalue weighted by atomic mass is 32.2. The van der Waals surface area contributed by atoms with Crippen LogP contribution in [0.1, 0.15) is 11.1 Å². The first-order valence-corrected chi connectivity index (χ1v) is 5.86. The van der Waals surface area contributed by atoms with E-state index in [1.165, 1.54) is 0 Å². The van der Waals surface area contributed by atoms with E-state index in [9.17, 15) is 4.21 Å². The van der Waals surface area contributed by atoms with Crippen molar-refractivity contribution in [3.63, 3.8) is 0 Å². The first-order valence-electron chi connectivity index (χ1n) is 4.58. The lowest BCUT2D eigenvalue weighted by Crippen LogP contribution is -2.11. The smallest absolute Gasteiger partial charge is 0.157 e. The van der Waals surface area contributed by atoms with Gasteiger partial charge < -0.3 is 15.2 Å². The van der Waals surface area contributed by atoms with Gasteiger partial charge in [-0.3, -0.25) is 0 Å². The summed E-state index contributed by atoms with van der Waals surface area (Å²) >= 11 is -1.83. The Labute approximate surface area is 92.4 Å². The third-order valence-electron chi connectivity index (χ3n) is 1.99. The van der Waals surface area contributed by atoms with Gasteiger partial charge in [0, 0.05) is 12.2 Å². The monoisotopic (exact) mass is 228 g/mol. The quantitative estimate of drug-likeness (QED) is 0.597. The molecule has 0 fully saturated rings. The molecule has 0 spiro atoms. The van der Waals surface area contributed by atoms with Gasteiger partial charge in [-0.15, -0.1) is 0 Å². The van der Waals surface area contributed by atoms with Crippen molar-refractivity contribution in [3.05, 3.63) is 29.3 Å². The highest BCUT2D eigenvalue weighted by Gasteiger charge is 2.04. The molecule has 1 aromatic rings. The van der Waals surface area contributed by atoms with Crippen LogP contribution in [0.3, 0.4) is 0 Å². The number of rotatable bonds is 4. The summed E-state index contributed by atoms with van der Waals surface area (Å²) in [4.78, 5) is 2.04. The van der Waals surface area contributed by atoms with Crippen molar-refractivity contribution in [1.29, 1.82) is 0 Å². The maximum atomic E-state index is 10.6. The minimum absolute atomic E-state index is 0.0913. The van der Waals surface area contributed by atoms with Gasteiger partial charge in [-0.05, 0) is 31.3 Å². The molecule has 1 atom stereocenters. The Kier molecular flexibility index (Phi) is 4.26. The molecule has 1 unspecified atom stereocenters. The fraction of sp³-hybridized carbons (Fsp3) is 0.400. The summed E-state index contributed by atoms with van der Waals surface area (Å²) < 4.78 is 19.4. The van der Waals surface area contributed by atoms with Crippen LogP contribution in [0.5, 0.6) is 0 Å². The van der Waals surface area contributed by atoms with Crippen LogP contribution >= 0.6 is 0 Å². The number of hydrogen-bond donors (Lipinski definition) is 2. The zero-order chi connectivity index (χ0) is 11.4. The van der Waals surface area contributed by atoms with Gasteiger partial charge in [-0.1, -0.05) is 12.1 Å². The fourth-order valence-electron chi connectivity index (χ4n) is 1.37. The molecule has 0 saturated heterocycles. The number of hydrogen-bond acceptors (Lipinski definition) is 3. The SMILES string of the molecule is CN(C)Cc1ccc(CS(=O)O)c(N)c1. The van der Waals surface area contributed by atoms with E-state index < -0.39 is 11.1 Å². The number of nitrogens with zero attached hydrogens (tertiary/aromatic N) is 1. The molecule has 0 aliphatic rings. The van der Waals surface area contributed by atoms with E-state index in [1.54, 1.807) is 0 Å². The summed E-state index contributed by atoms with van der Waals surface area (Å²) in [6.45, 7) is 0.812. The molecule has 0 bridgehead atoms. The van der Waals surface area contributed by atoms with E-state index in [-0.39, 0.29) is 5.75 Å². The molecule has 4 nitrogen and oxygen atoms in total. The van der Waals surface area contributed by atoms with Crippen molar-refractivity contribution in [1.82, 2.24) is 4.90 Å². The second-order valence-corrected chi connectivity index (χ2v) is 4.67. The van der Waals surface area contributed by atoms with Gasteiger partial charge in [0.25, 0.3) is 0 Å². The topological polar surface area (TPSA) is 66.6 Å². The van der Waals surface area contributed by atoms with Gasteiger partial charge in [0.1, 0.15) is 0 Å². The molecular formula is C10H16N2O2S. The molecule has 0 aromatic heterocycles. The zero-order valence-electron chi connectivity index (χ0n) is 8.93. The Morgan fingerprint density at radius 2 is 2.13 bits per heavy atom. The third-order valence-corrected chi connectivity index (χ3v) is 2.55. The van der Waals surface area contributed by atoms with Gasteiger partial charge in [-0.2, -0.15) is 0 Å². The molecule has 15 heavy (non-hydrogen) atoms. The minimum atomic E-state index is -1.83. The van der Waals surface area contributed by atoms with Crippen LogP contribution in [0.25, 0.3) is 0 Å². The summed E-state index contributed by atoms with van der Waals surface area (Å²) in [5, 5.41) is 0. The summed E-state index contributed by atoms with van der Waals surface area (Å²) in [5.74, 6) is 0.0913. The van der Waals surface area contributed by atoms with Gasteiger partial charge in [0.15, 0.2) is 11.1 Å². The molecule has 1 aromatic carbocycles. The molecule has 0 amide bonds. The second-order valence-electron chi connectivity index (χ2n) is 3.74. The van der Waals surface area contributed by atoms with E-state index in [4.69, 9.17) is 10.3 Å². The van der Waals surface area contributed by atoms with Crippen molar-refractivity contribution in [3.8, 4) is 0 Å². The number of nitrogens with two attached hydrogens (primary N) is 1. The van der Waals surface area contributed by atoms with Crippen molar-refractivity contribution < 1.29 is 8.76 Å². The Morgan fingerprint density at radius 3 is 2.60 bits per heavy atom. The normalized spacial score (nSPS) is 13.1. The number of anilines is 1. The summed E-state index contributed by atoms with van der Waals surface area (Å²) in [6.07, 6.45) is 0. The Morgan fingerprint density at radius 1 is 1.47 bits per heavy atom. The fourth-order valence-corrected chi connectivity index (χ4v) is 1.90. The lowest BCUT2D eigenvalue weighted by Gasteiger charge is -2.11. The maximum Gasteiger partial charge on any atom is 0.157 e. The van der Waals surface area contributed by atoms with Gasteiger partial charge in [0.05, 0.1) is 5.75 Å². The van der Waals surface area contributed by atoms with E-state index in [1.807, 2.05) is 37.2 Å². The first kappa shape index (κ1) is 12.2. The second kappa shape index (κ2) is 5.25. The maximum absolute atomic E-state index is 10.6. The number of benzene rings is 1. The highest BCUT2D eigenvalue weighted by Crippen LogP contribution is 2.16. The van der Waals surface area contributed by atoms with Crippen LogP contribution in [0.4, 0.5) is 5.69 Å². The van der Waals surface area contributed by atoms with Crippen molar-refractivity contribution in [2.75, 3.05) is 19.8 Å². The molecule has 84 valence electrons. The van der Waals surface area contributed by atoms with Crippen LogP contribution in [0, 0.1) is 0 Å². The molecular weight excluding hydrogens is 212 g/mol. The average Bonchev–Trinajstić information content (AvgIpc) is 2.08. The standard InChI is InChI=1S/C10H16N2O2S/c1-12(2)6-8-3-4-9(7-15(13)14)10(11)5-8/h3-5H,6-7,11H2,1-2H3,(H,13,14). The Balaban J connectivity index is 2.83. The lowest BCUT2D eigenvalue weighted by atomic mass is 10.1. The molecule has 3 N–H and O–H groups in total.